The summed E-state index contributed by atoms with van der Waals surface area (Å²) in [5.74, 6) is -1.87. The third-order valence-electron chi connectivity index (χ3n) is 3.17. The summed E-state index contributed by atoms with van der Waals surface area (Å²) in [6.07, 6.45) is 4.51. The fraction of sp³-hybridized carbons (Fsp3) is 0.143. The second-order valence-corrected chi connectivity index (χ2v) is 8.29. The van der Waals surface area contributed by atoms with Crippen molar-refractivity contribution in [2.24, 2.45) is 0 Å². The van der Waals surface area contributed by atoms with Crippen LogP contribution in [0.25, 0.3) is 0 Å². The number of esters is 2. The van der Waals surface area contributed by atoms with Crippen LogP contribution < -0.4 is 0 Å². The zero-order chi connectivity index (χ0) is 26.1. The number of carboxylic acids is 1. The Morgan fingerprint density at radius 1 is 0.765 bits per heavy atom. The number of methoxy groups -OCH3 is 2. The number of aromatic carboxylic acids is 1. The monoisotopic (exact) mass is 715 g/mol. The number of hydrogen-bond acceptors (Lipinski definition) is 9. The Bertz CT molecular complexity index is 1030. The maximum atomic E-state index is 10.9. The summed E-state index contributed by atoms with van der Waals surface area (Å²) >= 11 is 9.74. The van der Waals surface area contributed by atoms with Gasteiger partial charge in [-0.3, -0.25) is 0 Å². The number of aliphatic hydroxyl groups is 1. The molecular weight excluding hydrogens is 696 g/mol. The van der Waals surface area contributed by atoms with Crippen molar-refractivity contribution in [2.45, 2.75) is 0 Å². The molecule has 0 atom stereocenters. The van der Waals surface area contributed by atoms with Crippen molar-refractivity contribution in [1.29, 1.82) is 0 Å². The maximum absolute atomic E-state index is 10.9. The third kappa shape index (κ3) is 12.7. The lowest BCUT2D eigenvalue weighted by Gasteiger charge is -1.96. The van der Waals surface area contributed by atoms with Crippen LogP contribution in [-0.4, -0.2) is 64.4 Å². The fourth-order valence-corrected chi connectivity index (χ4v) is 2.83. The predicted octanol–water partition coefficient (Wildman–Crippen LogP) is 3.99. The van der Waals surface area contributed by atoms with Crippen LogP contribution in [0.15, 0.2) is 55.0 Å². The average Bonchev–Trinajstić information content (AvgIpc) is 2.85. The van der Waals surface area contributed by atoms with Gasteiger partial charge < -0.3 is 19.7 Å². The first-order chi connectivity index (χ1) is 16.2. The second kappa shape index (κ2) is 18.0. The first-order valence-corrected chi connectivity index (χ1v) is 11.4. The van der Waals surface area contributed by atoms with Crippen LogP contribution in [0.1, 0.15) is 31.5 Å². The van der Waals surface area contributed by atoms with Crippen molar-refractivity contribution < 1.29 is 34.1 Å². The highest BCUT2D eigenvalue weighted by molar-refractivity contribution is 14.1. The van der Waals surface area contributed by atoms with Crippen molar-refractivity contribution in [2.75, 3.05) is 21.3 Å². The first kappa shape index (κ1) is 31.6. The molecule has 3 heterocycles. The van der Waals surface area contributed by atoms with Gasteiger partial charge in [0.05, 0.1) is 14.2 Å². The zero-order valence-corrected chi connectivity index (χ0v) is 23.2. The van der Waals surface area contributed by atoms with E-state index in [1.165, 1.54) is 38.7 Å². The summed E-state index contributed by atoms with van der Waals surface area (Å²) in [5.41, 5.74) is 0.659. The van der Waals surface area contributed by atoms with Gasteiger partial charge >= 0.3 is 17.9 Å². The summed E-state index contributed by atoms with van der Waals surface area (Å²) in [6.45, 7) is 0. The summed E-state index contributed by atoms with van der Waals surface area (Å²) in [6, 6.07) is 9.79. The fourth-order valence-electron chi connectivity index (χ4n) is 1.76. The Morgan fingerprint density at radius 2 is 1.15 bits per heavy atom. The molecule has 0 fully saturated rings. The lowest BCUT2D eigenvalue weighted by molar-refractivity contribution is 0.0585. The van der Waals surface area contributed by atoms with Gasteiger partial charge in [0.1, 0.15) is 17.1 Å². The van der Waals surface area contributed by atoms with Crippen LogP contribution in [0.4, 0.5) is 0 Å². The van der Waals surface area contributed by atoms with Crippen molar-refractivity contribution in [3.8, 4) is 0 Å². The maximum Gasteiger partial charge on any atom is 0.356 e. The molecule has 0 aliphatic heterocycles. The Labute approximate surface area is 228 Å². The number of carbonyl (C=O) groups excluding carboxylic acids is 2. The SMILES string of the molecule is CO.COC(=O)c1cc(Cl)ccn1.COC(=O)c1cc(I)ccn1.O=C(O)c1cc(I)ccn1. The van der Waals surface area contributed by atoms with Gasteiger partial charge in [-0.1, -0.05) is 11.6 Å². The van der Waals surface area contributed by atoms with E-state index in [1.54, 1.807) is 24.4 Å². The van der Waals surface area contributed by atoms with Crippen molar-refractivity contribution >= 4 is 74.7 Å². The number of carbonyl (C=O) groups is 3. The van der Waals surface area contributed by atoms with E-state index < -0.39 is 17.9 Å². The molecule has 0 aliphatic rings. The lowest BCUT2D eigenvalue weighted by Crippen LogP contribution is -2.03. The largest absolute Gasteiger partial charge is 0.477 e. The molecule has 3 aromatic heterocycles. The van der Waals surface area contributed by atoms with E-state index in [2.05, 4.69) is 47.0 Å². The highest BCUT2D eigenvalue weighted by atomic mass is 127. The number of carboxylic acid groups (broad SMARTS) is 1. The third-order valence-corrected chi connectivity index (χ3v) is 4.75. The van der Waals surface area contributed by atoms with E-state index in [0.717, 1.165) is 14.3 Å². The number of ether oxygens (including phenoxy) is 2. The number of aromatic nitrogens is 3. The van der Waals surface area contributed by atoms with Crippen LogP contribution in [0.2, 0.25) is 5.02 Å². The summed E-state index contributed by atoms with van der Waals surface area (Å²) < 4.78 is 10.8. The molecule has 13 heteroatoms. The molecule has 10 nitrogen and oxygen atoms in total. The number of nitrogens with zero attached hydrogens (tertiary/aromatic N) is 3. The highest BCUT2D eigenvalue weighted by Gasteiger charge is 2.06. The molecule has 0 bridgehead atoms. The molecule has 34 heavy (non-hydrogen) atoms. The van der Waals surface area contributed by atoms with Crippen LogP contribution in [0.3, 0.4) is 0 Å². The van der Waals surface area contributed by atoms with E-state index in [0.29, 0.717) is 10.7 Å². The van der Waals surface area contributed by atoms with E-state index in [-0.39, 0.29) is 11.4 Å². The van der Waals surface area contributed by atoms with Gasteiger partial charge in [-0.25, -0.2) is 29.3 Å². The number of aliphatic hydroxyl groups excluding tert-OH is 1. The smallest absolute Gasteiger partial charge is 0.356 e. The molecule has 0 radical (unpaired) electrons. The zero-order valence-electron chi connectivity index (χ0n) is 18.1. The van der Waals surface area contributed by atoms with Gasteiger partial charge in [0.2, 0.25) is 0 Å². The van der Waals surface area contributed by atoms with Gasteiger partial charge in [-0.15, -0.1) is 0 Å². The van der Waals surface area contributed by atoms with Gasteiger partial charge in [0.15, 0.2) is 0 Å². The highest BCUT2D eigenvalue weighted by Crippen LogP contribution is 2.08. The van der Waals surface area contributed by atoms with E-state index in [9.17, 15) is 14.4 Å². The van der Waals surface area contributed by atoms with E-state index >= 15 is 0 Å². The van der Waals surface area contributed by atoms with Gasteiger partial charge in [-0.05, 0) is 81.6 Å². The van der Waals surface area contributed by atoms with Gasteiger partial charge in [0.25, 0.3) is 0 Å². The van der Waals surface area contributed by atoms with Crippen LogP contribution in [0.5, 0.6) is 0 Å². The minimum absolute atomic E-state index is 0.0897. The molecule has 3 rings (SSSR count). The lowest BCUT2D eigenvalue weighted by atomic mass is 10.3. The molecule has 182 valence electrons. The molecule has 3 aromatic rings. The predicted molar refractivity (Wildman–Crippen MR) is 141 cm³/mol. The molecule has 0 spiro atoms. The molecule has 0 saturated heterocycles. The Balaban J connectivity index is 0.000000463. The number of hydrogen-bond donors (Lipinski definition) is 2. The second-order valence-electron chi connectivity index (χ2n) is 5.37. The summed E-state index contributed by atoms with van der Waals surface area (Å²) in [7, 11) is 3.63. The Kier molecular flexibility index (Phi) is 16.7. The normalized spacial score (nSPS) is 8.91. The van der Waals surface area contributed by atoms with E-state index in [1.807, 2.05) is 28.7 Å². The molecule has 0 unspecified atom stereocenters. The summed E-state index contributed by atoms with van der Waals surface area (Å²) in [5, 5.41) is 15.9. The first-order valence-electron chi connectivity index (χ1n) is 8.87. The van der Waals surface area contributed by atoms with Crippen LogP contribution >= 0.6 is 56.8 Å². The molecular formula is C21H20ClI2N3O7. The van der Waals surface area contributed by atoms with Gasteiger partial charge in [-0.2, -0.15) is 0 Å². The molecule has 2 N–H and O–H groups in total. The average molecular weight is 716 g/mol. The molecule has 0 aliphatic carbocycles. The number of pyridine rings is 3. The van der Waals surface area contributed by atoms with Crippen molar-refractivity contribution in [1.82, 2.24) is 15.0 Å². The number of halogens is 3. The van der Waals surface area contributed by atoms with Gasteiger partial charge in [0, 0.05) is 37.9 Å². The minimum Gasteiger partial charge on any atom is -0.477 e. The Hall–Kier alpha value is -2.43. The molecule has 0 saturated carbocycles. The molecule has 0 amide bonds. The standard InChI is InChI=1S/C7H6ClNO2.C7H6INO2.C6H4INO2.CH4O/c2*1-11-7(10)6-4-5(8)2-3-9-6;7-4-1-2-8-5(3-4)6(9)10;1-2/h2*2-4H,1H3;1-3H,(H,9,10);2H,1H3. The van der Waals surface area contributed by atoms with E-state index in [4.69, 9.17) is 21.8 Å². The molecule has 0 aromatic carbocycles. The van der Waals surface area contributed by atoms with Crippen LogP contribution in [0, 0.1) is 7.14 Å². The number of rotatable bonds is 3. The minimum atomic E-state index is -0.987. The summed E-state index contributed by atoms with van der Waals surface area (Å²) in [4.78, 5) is 43.2. The van der Waals surface area contributed by atoms with Crippen molar-refractivity contribution in [3.63, 3.8) is 0 Å². The van der Waals surface area contributed by atoms with Crippen LogP contribution in [-0.2, 0) is 9.47 Å². The topological polar surface area (TPSA) is 149 Å². The quantitative estimate of drug-likeness (QED) is 0.301. The van der Waals surface area contributed by atoms with Crippen molar-refractivity contribution in [3.05, 3.63) is 84.2 Å². The Morgan fingerprint density at radius 3 is 1.50 bits per heavy atom.